The number of hydrogen-bond acceptors (Lipinski definition) is 5. The van der Waals surface area contributed by atoms with Crippen molar-refractivity contribution in [3.05, 3.63) is 41.7 Å². The highest BCUT2D eigenvalue weighted by molar-refractivity contribution is 6.21. The Morgan fingerprint density at radius 1 is 1.16 bits per heavy atom. The third-order valence-electron chi connectivity index (χ3n) is 5.44. The Balaban J connectivity index is 1.40. The Bertz CT molecular complexity index is 849. The van der Waals surface area contributed by atoms with Crippen molar-refractivity contribution in [3.63, 3.8) is 0 Å². The van der Waals surface area contributed by atoms with Gasteiger partial charge in [-0.3, -0.25) is 9.59 Å². The number of fused-ring (bicyclic) bond motifs is 5. The minimum Gasteiger partial charge on any atom is -0.373 e. The summed E-state index contributed by atoms with van der Waals surface area (Å²) in [5, 5.41) is 4.36. The second-order valence-corrected chi connectivity index (χ2v) is 7.08. The lowest BCUT2D eigenvalue weighted by Gasteiger charge is -2.14. The number of benzene rings is 1. The SMILES string of the molecule is Cc1cccc(Cn2cnc(N3C(=O)[C@H]4[C@H](C3=O)[C@H]3CC[C@H]4O3)n2)c1. The molecule has 0 N–H and O–H groups in total. The van der Waals surface area contributed by atoms with E-state index in [0.29, 0.717) is 6.54 Å². The number of rotatable bonds is 3. The molecule has 25 heavy (non-hydrogen) atoms. The second-order valence-electron chi connectivity index (χ2n) is 7.08. The van der Waals surface area contributed by atoms with E-state index >= 15 is 0 Å². The fourth-order valence-electron chi connectivity index (χ4n) is 4.37. The van der Waals surface area contributed by atoms with Crippen molar-refractivity contribution in [2.45, 2.75) is 38.5 Å². The molecule has 1 aromatic carbocycles. The highest BCUT2D eigenvalue weighted by atomic mass is 16.5. The Labute approximate surface area is 144 Å². The average Bonchev–Trinajstić information content (AvgIpc) is 3.33. The summed E-state index contributed by atoms with van der Waals surface area (Å²) < 4.78 is 7.40. The maximum absolute atomic E-state index is 12.7. The lowest BCUT2D eigenvalue weighted by atomic mass is 9.81. The number of amides is 2. The topological polar surface area (TPSA) is 77.3 Å². The summed E-state index contributed by atoms with van der Waals surface area (Å²) in [7, 11) is 0. The Morgan fingerprint density at radius 2 is 1.88 bits per heavy atom. The number of carbonyl (C=O) groups is 2. The van der Waals surface area contributed by atoms with Crippen LogP contribution < -0.4 is 4.90 Å². The summed E-state index contributed by atoms with van der Waals surface area (Å²) in [6, 6.07) is 8.12. The van der Waals surface area contributed by atoms with E-state index in [0.717, 1.165) is 23.3 Å². The van der Waals surface area contributed by atoms with Gasteiger partial charge in [0.1, 0.15) is 6.33 Å². The maximum Gasteiger partial charge on any atom is 0.258 e. The van der Waals surface area contributed by atoms with Crippen LogP contribution in [0, 0.1) is 18.8 Å². The monoisotopic (exact) mass is 338 g/mol. The Morgan fingerprint density at radius 3 is 2.56 bits per heavy atom. The molecule has 2 bridgehead atoms. The summed E-state index contributed by atoms with van der Waals surface area (Å²) in [6.07, 6.45) is 3.04. The molecular weight excluding hydrogens is 320 g/mol. The molecule has 7 nitrogen and oxygen atoms in total. The van der Waals surface area contributed by atoms with Gasteiger partial charge in [-0.25, -0.2) is 9.58 Å². The highest BCUT2D eigenvalue weighted by Crippen LogP contribution is 2.48. The molecule has 0 radical (unpaired) electrons. The van der Waals surface area contributed by atoms with Gasteiger partial charge in [0.15, 0.2) is 0 Å². The molecule has 7 heteroatoms. The van der Waals surface area contributed by atoms with Crippen molar-refractivity contribution in [2.24, 2.45) is 11.8 Å². The summed E-state index contributed by atoms with van der Waals surface area (Å²) in [5.41, 5.74) is 2.27. The van der Waals surface area contributed by atoms with Crippen LogP contribution in [0.25, 0.3) is 0 Å². The molecule has 0 spiro atoms. The van der Waals surface area contributed by atoms with Crippen LogP contribution in [-0.2, 0) is 20.9 Å². The molecule has 0 saturated carbocycles. The van der Waals surface area contributed by atoms with Crippen molar-refractivity contribution in [1.29, 1.82) is 0 Å². The van der Waals surface area contributed by atoms with E-state index in [1.54, 1.807) is 11.0 Å². The number of nitrogens with zero attached hydrogens (tertiary/aromatic N) is 4. The van der Waals surface area contributed by atoms with Crippen molar-refractivity contribution < 1.29 is 14.3 Å². The van der Waals surface area contributed by atoms with Crippen LogP contribution >= 0.6 is 0 Å². The van der Waals surface area contributed by atoms with Crippen molar-refractivity contribution in [3.8, 4) is 0 Å². The van der Waals surface area contributed by atoms with Crippen LogP contribution in [0.15, 0.2) is 30.6 Å². The number of ether oxygens (including phenoxy) is 1. The molecule has 5 rings (SSSR count). The summed E-state index contributed by atoms with van der Waals surface area (Å²) in [6.45, 7) is 2.58. The zero-order chi connectivity index (χ0) is 17.1. The highest BCUT2D eigenvalue weighted by Gasteiger charge is 2.63. The largest absolute Gasteiger partial charge is 0.373 e. The number of carbonyl (C=O) groups excluding carboxylic acids is 2. The van der Waals surface area contributed by atoms with E-state index in [-0.39, 0.29) is 41.8 Å². The fraction of sp³-hybridized carbons (Fsp3) is 0.444. The molecule has 1 aromatic heterocycles. The summed E-state index contributed by atoms with van der Waals surface area (Å²) >= 11 is 0. The lowest BCUT2D eigenvalue weighted by Crippen LogP contribution is -2.35. The number of anilines is 1. The van der Waals surface area contributed by atoms with Crippen molar-refractivity contribution in [1.82, 2.24) is 14.8 Å². The van der Waals surface area contributed by atoms with E-state index < -0.39 is 0 Å². The first-order valence-electron chi connectivity index (χ1n) is 8.60. The van der Waals surface area contributed by atoms with Crippen LogP contribution in [0.4, 0.5) is 5.95 Å². The van der Waals surface area contributed by atoms with Crippen LogP contribution in [-0.4, -0.2) is 38.8 Å². The molecule has 3 aliphatic heterocycles. The Hall–Kier alpha value is -2.54. The van der Waals surface area contributed by atoms with Crippen LogP contribution in [0.2, 0.25) is 0 Å². The van der Waals surface area contributed by atoms with E-state index in [1.165, 1.54) is 5.56 Å². The maximum atomic E-state index is 12.7. The van der Waals surface area contributed by atoms with Gasteiger partial charge in [-0.05, 0) is 25.3 Å². The molecular formula is C18H18N4O3. The molecule has 0 aliphatic carbocycles. The van der Waals surface area contributed by atoms with Gasteiger partial charge in [0, 0.05) is 0 Å². The van der Waals surface area contributed by atoms with Crippen molar-refractivity contribution >= 4 is 17.8 Å². The number of imide groups is 1. The standard InChI is InChI=1S/C18H18N4O3/c1-10-3-2-4-11(7-10)8-21-9-19-18(20-21)22-16(23)14-12-5-6-13(25-12)15(14)17(22)24/h2-4,7,9,12-15H,5-6,8H2,1H3/t12-,13-,14-,15-/m1/s1. The van der Waals surface area contributed by atoms with Gasteiger partial charge in [-0.1, -0.05) is 29.8 Å². The molecule has 2 aromatic rings. The molecule has 4 heterocycles. The molecule has 3 saturated heterocycles. The zero-order valence-corrected chi connectivity index (χ0v) is 13.8. The molecule has 2 amide bonds. The zero-order valence-electron chi connectivity index (χ0n) is 13.8. The van der Waals surface area contributed by atoms with E-state index in [1.807, 2.05) is 25.1 Å². The van der Waals surface area contributed by atoms with Gasteiger partial charge in [0.2, 0.25) is 11.8 Å². The van der Waals surface area contributed by atoms with Crippen LogP contribution in [0.3, 0.4) is 0 Å². The number of aryl methyl sites for hydroxylation is 1. The van der Waals surface area contributed by atoms with E-state index in [9.17, 15) is 9.59 Å². The van der Waals surface area contributed by atoms with Gasteiger partial charge in [0.25, 0.3) is 5.95 Å². The first-order chi connectivity index (χ1) is 12.1. The van der Waals surface area contributed by atoms with Crippen molar-refractivity contribution in [2.75, 3.05) is 4.90 Å². The fourth-order valence-corrected chi connectivity index (χ4v) is 4.37. The number of hydrogen-bond donors (Lipinski definition) is 0. The quantitative estimate of drug-likeness (QED) is 0.789. The van der Waals surface area contributed by atoms with E-state index in [4.69, 9.17) is 4.74 Å². The third kappa shape index (κ3) is 2.15. The van der Waals surface area contributed by atoms with E-state index in [2.05, 4.69) is 16.1 Å². The van der Waals surface area contributed by atoms with Gasteiger partial charge >= 0.3 is 0 Å². The molecule has 4 atom stereocenters. The molecule has 128 valence electrons. The first-order valence-corrected chi connectivity index (χ1v) is 8.60. The second kappa shape index (κ2) is 5.23. The number of aromatic nitrogens is 3. The summed E-state index contributed by atoms with van der Waals surface area (Å²) in [5.74, 6) is -0.951. The summed E-state index contributed by atoms with van der Waals surface area (Å²) in [4.78, 5) is 30.8. The van der Waals surface area contributed by atoms with Gasteiger partial charge in [-0.2, -0.15) is 4.98 Å². The first kappa shape index (κ1) is 14.8. The van der Waals surface area contributed by atoms with Crippen LogP contribution in [0.5, 0.6) is 0 Å². The third-order valence-corrected chi connectivity index (χ3v) is 5.44. The molecule has 0 unspecified atom stereocenters. The normalized spacial score (nSPS) is 30.4. The predicted molar refractivity (Wildman–Crippen MR) is 87.7 cm³/mol. The minimum atomic E-state index is -0.352. The van der Waals surface area contributed by atoms with Crippen LogP contribution in [0.1, 0.15) is 24.0 Å². The predicted octanol–water partition coefficient (Wildman–Crippen LogP) is 1.30. The van der Waals surface area contributed by atoms with Gasteiger partial charge in [-0.15, -0.1) is 5.10 Å². The Kier molecular flexibility index (Phi) is 3.09. The smallest absolute Gasteiger partial charge is 0.258 e. The van der Waals surface area contributed by atoms with Gasteiger partial charge < -0.3 is 4.74 Å². The average molecular weight is 338 g/mol. The van der Waals surface area contributed by atoms with Gasteiger partial charge in [0.05, 0.1) is 30.6 Å². The molecule has 3 aliphatic rings. The lowest BCUT2D eigenvalue weighted by molar-refractivity contribution is -0.124. The molecule has 3 fully saturated rings. The minimum absolute atomic E-state index is 0.120.